The highest BCUT2D eigenvalue weighted by Gasteiger charge is 2.04. The first-order valence-corrected chi connectivity index (χ1v) is 8.15. The maximum absolute atomic E-state index is 5.73. The fourth-order valence-electron chi connectivity index (χ4n) is 2.25. The standard InChI is InChI=1S/C18H31NO2/c1-5-10-19-14-17-6-8-18(9-7-17)21-12-11-20-16(4)13-15(2)3/h6-9,15-16,19H,5,10-14H2,1-4H3. The fourth-order valence-corrected chi connectivity index (χ4v) is 2.25. The molecule has 1 N–H and O–H groups in total. The normalized spacial score (nSPS) is 12.6. The van der Waals surface area contributed by atoms with Gasteiger partial charge in [-0.2, -0.15) is 0 Å². The fraction of sp³-hybridized carbons (Fsp3) is 0.667. The van der Waals surface area contributed by atoms with E-state index in [0.717, 1.165) is 31.7 Å². The summed E-state index contributed by atoms with van der Waals surface area (Å²) in [5, 5.41) is 3.39. The van der Waals surface area contributed by atoms with E-state index in [2.05, 4.69) is 45.1 Å². The van der Waals surface area contributed by atoms with Crippen LogP contribution in [-0.4, -0.2) is 25.9 Å². The molecular formula is C18H31NO2. The predicted molar refractivity (Wildman–Crippen MR) is 88.8 cm³/mol. The Morgan fingerprint density at radius 1 is 1.05 bits per heavy atom. The third kappa shape index (κ3) is 8.74. The van der Waals surface area contributed by atoms with Gasteiger partial charge in [0.05, 0.1) is 12.7 Å². The maximum Gasteiger partial charge on any atom is 0.119 e. The summed E-state index contributed by atoms with van der Waals surface area (Å²) in [6.45, 7) is 12.0. The van der Waals surface area contributed by atoms with Crippen molar-refractivity contribution in [3.63, 3.8) is 0 Å². The Kier molecular flexibility index (Phi) is 9.11. The SMILES string of the molecule is CCCNCc1ccc(OCCOC(C)CC(C)C)cc1. The van der Waals surface area contributed by atoms with Crippen LogP contribution in [0.1, 0.15) is 46.1 Å². The molecule has 1 unspecified atom stereocenters. The minimum Gasteiger partial charge on any atom is -0.491 e. The monoisotopic (exact) mass is 293 g/mol. The zero-order valence-electron chi connectivity index (χ0n) is 14.0. The van der Waals surface area contributed by atoms with Crippen molar-refractivity contribution in [2.75, 3.05) is 19.8 Å². The summed E-state index contributed by atoms with van der Waals surface area (Å²) in [7, 11) is 0. The van der Waals surface area contributed by atoms with Crippen molar-refractivity contribution >= 4 is 0 Å². The Hall–Kier alpha value is -1.06. The number of nitrogens with one attached hydrogen (secondary N) is 1. The molecular weight excluding hydrogens is 262 g/mol. The van der Waals surface area contributed by atoms with Crippen molar-refractivity contribution in [3.8, 4) is 5.75 Å². The molecule has 3 nitrogen and oxygen atoms in total. The maximum atomic E-state index is 5.73. The zero-order valence-corrected chi connectivity index (χ0v) is 14.0. The number of hydrogen-bond donors (Lipinski definition) is 1. The summed E-state index contributed by atoms with van der Waals surface area (Å²) in [5.41, 5.74) is 1.29. The molecule has 0 aliphatic heterocycles. The lowest BCUT2D eigenvalue weighted by Crippen LogP contribution is -2.16. The molecule has 0 radical (unpaired) electrons. The molecule has 0 amide bonds. The predicted octanol–water partition coefficient (Wildman–Crippen LogP) is 4.02. The van der Waals surface area contributed by atoms with Gasteiger partial charge in [-0.25, -0.2) is 0 Å². The van der Waals surface area contributed by atoms with Crippen LogP contribution in [-0.2, 0) is 11.3 Å². The van der Waals surface area contributed by atoms with Crippen molar-refractivity contribution in [1.82, 2.24) is 5.32 Å². The third-order valence-electron chi connectivity index (χ3n) is 3.24. The van der Waals surface area contributed by atoms with Gasteiger partial charge in [0.2, 0.25) is 0 Å². The van der Waals surface area contributed by atoms with Crippen LogP contribution in [0.4, 0.5) is 0 Å². The Bertz CT molecular complexity index is 362. The van der Waals surface area contributed by atoms with E-state index in [1.54, 1.807) is 0 Å². The highest BCUT2D eigenvalue weighted by Crippen LogP contribution is 2.12. The Balaban J connectivity index is 2.17. The van der Waals surface area contributed by atoms with Gasteiger partial charge in [0.15, 0.2) is 0 Å². The number of ether oxygens (including phenoxy) is 2. The second-order valence-corrected chi connectivity index (χ2v) is 5.98. The Labute approximate surface area is 130 Å². The van der Waals surface area contributed by atoms with Gasteiger partial charge in [-0.05, 0) is 49.9 Å². The highest BCUT2D eigenvalue weighted by atomic mass is 16.5. The lowest BCUT2D eigenvalue weighted by atomic mass is 10.1. The van der Waals surface area contributed by atoms with Crippen LogP contribution in [0.3, 0.4) is 0 Å². The first-order chi connectivity index (χ1) is 10.1. The lowest BCUT2D eigenvalue weighted by molar-refractivity contribution is 0.0331. The van der Waals surface area contributed by atoms with Gasteiger partial charge in [-0.1, -0.05) is 32.9 Å². The van der Waals surface area contributed by atoms with Crippen LogP contribution in [0.15, 0.2) is 24.3 Å². The summed E-state index contributed by atoms with van der Waals surface area (Å²) in [4.78, 5) is 0. The summed E-state index contributed by atoms with van der Waals surface area (Å²) in [5.74, 6) is 1.59. The van der Waals surface area contributed by atoms with E-state index < -0.39 is 0 Å². The molecule has 1 atom stereocenters. The van der Waals surface area contributed by atoms with Crippen LogP contribution in [0.2, 0.25) is 0 Å². The molecule has 0 heterocycles. The molecule has 0 bridgehead atoms. The van der Waals surface area contributed by atoms with Crippen molar-refractivity contribution in [1.29, 1.82) is 0 Å². The average Bonchev–Trinajstić information content (AvgIpc) is 2.45. The summed E-state index contributed by atoms with van der Waals surface area (Å²) >= 11 is 0. The van der Waals surface area contributed by atoms with Crippen LogP contribution in [0.5, 0.6) is 5.75 Å². The van der Waals surface area contributed by atoms with Gasteiger partial charge in [0.25, 0.3) is 0 Å². The molecule has 120 valence electrons. The van der Waals surface area contributed by atoms with E-state index in [-0.39, 0.29) is 0 Å². The van der Waals surface area contributed by atoms with Gasteiger partial charge >= 0.3 is 0 Å². The minimum absolute atomic E-state index is 0.306. The van der Waals surface area contributed by atoms with E-state index in [1.807, 2.05) is 12.1 Å². The Morgan fingerprint density at radius 3 is 2.38 bits per heavy atom. The van der Waals surface area contributed by atoms with Crippen LogP contribution >= 0.6 is 0 Å². The molecule has 21 heavy (non-hydrogen) atoms. The molecule has 0 spiro atoms. The first kappa shape index (κ1) is 18.0. The molecule has 0 aliphatic rings. The van der Waals surface area contributed by atoms with E-state index in [4.69, 9.17) is 9.47 Å². The van der Waals surface area contributed by atoms with E-state index >= 15 is 0 Å². The van der Waals surface area contributed by atoms with Gasteiger partial charge in [0.1, 0.15) is 12.4 Å². The lowest BCUT2D eigenvalue weighted by Gasteiger charge is -2.15. The van der Waals surface area contributed by atoms with Crippen molar-refractivity contribution in [2.45, 2.75) is 53.2 Å². The molecule has 0 aliphatic carbocycles. The molecule has 1 aromatic carbocycles. The second kappa shape index (κ2) is 10.6. The van der Waals surface area contributed by atoms with Gasteiger partial charge in [0, 0.05) is 6.54 Å². The van der Waals surface area contributed by atoms with Crippen LogP contribution < -0.4 is 10.1 Å². The number of benzene rings is 1. The van der Waals surface area contributed by atoms with E-state index in [1.165, 1.54) is 5.56 Å². The molecule has 3 heteroatoms. The quantitative estimate of drug-likeness (QED) is 0.625. The van der Waals surface area contributed by atoms with E-state index in [0.29, 0.717) is 25.2 Å². The van der Waals surface area contributed by atoms with Gasteiger partial charge in [-0.3, -0.25) is 0 Å². The van der Waals surface area contributed by atoms with Crippen molar-refractivity contribution < 1.29 is 9.47 Å². The van der Waals surface area contributed by atoms with Crippen LogP contribution in [0.25, 0.3) is 0 Å². The van der Waals surface area contributed by atoms with E-state index in [9.17, 15) is 0 Å². The smallest absolute Gasteiger partial charge is 0.119 e. The molecule has 0 saturated heterocycles. The van der Waals surface area contributed by atoms with Gasteiger partial charge < -0.3 is 14.8 Å². The molecule has 0 fully saturated rings. The summed E-state index contributed by atoms with van der Waals surface area (Å²) in [6, 6.07) is 8.28. The largest absolute Gasteiger partial charge is 0.491 e. The van der Waals surface area contributed by atoms with Gasteiger partial charge in [-0.15, -0.1) is 0 Å². The van der Waals surface area contributed by atoms with Crippen LogP contribution in [0, 0.1) is 5.92 Å². The second-order valence-electron chi connectivity index (χ2n) is 5.98. The zero-order chi connectivity index (χ0) is 15.5. The van der Waals surface area contributed by atoms with Crippen molar-refractivity contribution in [3.05, 3.63) is 29.8 Å². The molecule has 1 rings (SSSR count). The number of rotatable bonds is 11. The number of hydrogen-bond acceptors (Lipinski definition) is 3. The Morgan fingerprint density at radius 2 is 1.76 bits per heavy atom. The first-order valence-electron chi connectivity index (χ1n) is 8.15. The third-order valence-corrected chi connectivity index (χ3v) is 3.24. The van der Waals surface area contributed by atoms with Crippen molar-refractivity contribution in [2.24, 2.45) is 5.92 Å². The highest BCUT2D eigenvalue weighted by molar-refractivity contribution is 5.27. The molecule has 0 aromatic heterocycles. The minimum atomic E-state index is 0.306. The average molecular weight is 293 g/mol. The molecule has 0 saturated carbocycles. The molecule has 1 aromatic rings. The summed E-state index contributed by atoms with van der Waals surface area (Å²) < 4.78 is 11.4. The summed E-state index contributed by atoms with van der Waals surface area (Å²) in [6.07, 6.45) is 2.57. The topological polar surface area (TPSA) is 30.5 Å².